The Labute approximate surface area is 75.2 Å². The molecule has 0 saturated heterocycles. The molecule has 0 aliphatic heterocycles. The second-order valence-electron chi connectivity index (χ2n) is 3.03. The molecule has 1 aromatic carbocycles. The number of benzene rings is 1. The van der Waals surface area contributed by atoms with Crippen molar-refractivity contribution in [1.29, 1.82) is 0 Å². The van der Waals surface area contributed by atoms with Crippen LogP contribution in [0.5, 0.6) is 0 Å². The summed E-state index contributed by atoms with van der Waals surface area (Å²) >= 11 is 0. The molecule has 0 aliphatic carbocycles. The van der Waals surface area contributed by atoms with Gasteiger partial charge in [-0.1, -0.05) is 6.07 Å². The summed E-state index contributed by atoms with van der Waals surface area (Å²) in [6.45, 7) is 1.91. The second-order valence-corrected chi connectivity index (χ2v) is 3.03. The first-order valence-corrected chi connectivity index (χ1v) is 3.99. The lowest BCUT2D eigenvalue weighted by molar-refractivity contribution is 0.636. The molecule has 13 heavy (non-hydrogen) atoms. The second kappa shape index (κ2) is 2.69. The first-order chi connectivity index (χ1) is 6.18. The highest BCUT2D eigenvalue weighted by Gasteiger charge is 2.03. The van der Waals surface area contributed by atoms with Crippen molar-refractivity contribution in [2.45, 2.75) is 6.92 Å². The topological polar surface area (TPSA) is 38.9 Å². The molecule has 2 nitrogen and oxygen atoms in total. The Morgan fingerprint density at radius 2 is 2.15 bits per heavy atom. The van der Waals surface area contributed by atoms with E-state index in [1.54, 1.807) is 12.1 Å². The summed E-state index contributed by atoms with van der Waals surface area (Å²) in [4.78, 5) is 3.94. The third kappa shape index (κ3) is 1.22. The van der Waals surface area contributed by atoms with E-state index in [1.807, 2.05) is 6.92 Å². The molecule has 0 aliphatic rings. The van der Waals surface area contributed by atoms with Crippen LogP contribution in [-0.4, -0.2) is 4.98 Å². The minimum Gasteiger partial charge on any atom is -0.397 e. The van der Waals surface area contributed by atoms with Crippen molar-refractivity contribution < 1.29 is 4.39 Å². The molecule has 1 aromatic heterocycles. The fraction of sp³-hybridized carbons (Fsp3) is 0.100. The molecular weight excluding hydrogens is 167 g/mol. The molecule has 0 saturated carbocycles. The Bertz CT molecular complexity index is 466. The van der Waals surface area contributed by atoms with Crippen LogP contribution in [0.4, 0.5) is 10.1 Å². The molecule has 0 amide bonds. The van der Waals surface area contributed by atoms with Crippen molar-refractivity contribution >= 4 is 16.6 Å². The molecule has 2 aromatic rings. The van der Waals surface area contributed by atoms with E-state index >= 15 is 0 Å². The number of aromatic nitrogens is 1. The highest BCUT2D eigenvalue weighted by Crippen LogP contribution is 2.20. The fourth-order valence-corrected chi connectivity index (χ4v) is 1.34. The summed E-state index contributed by atoms with van der Waals surface area (Å²) in [5.41, 5.74) is 7.48. The largest absolute Gasteiger partial charge is 0.397 e. The van der Waals surface area contributed by atoms with Crippen LogP contribution in [0.1, 0.15) is 5.56 Å². The predicted octanol–water partition coefficient (Wildman–Crippen LogP) is 2.26. The molecule has 2 rings (SSSR count). The van der Waals surface area contributed by atoms with Gasteiger partial charge >= 0.3 is 0 Å². The molecule has 2 N–H and O–H groups in total. The zero-order chi connectivity index (χ0) is 9.42. The van der Waals surface area contributed by atoms with Gasteiger partial charge in [-0.15, -0.1) is 0 Å². The third-order valence-electron chi connectivity index (χ3n) is 2.04. The Hall–Kier alpha value is -1.64. The van der Waals surface area contributed by atoms with E-state index in [0.717, 1.165) is 10.9 Å². The smallest absolute Gasteiger partial charge is 0.149 e. The van der Waals surface area contributed by atoms with E-state index in [-0.39, 0.29) is 5.82 Å². The average molecular weight is 176 g/mol. The Balaban J connectivity index is 2.92. The van der Waals surface area contributed by atoms with Crippen molar-refractivity contribution in [3.63, 3.8) is 0 Å². The maximum Gasteiger partial charge on any atom is 0.149 e. The van der Waals surface area contributed by atoms with Gasteiger partial charge in [-0.2, -0.15) is 0 Å². The van der Waals surface area contributed by atoms with Crippen LogP contribution in [0.3, 0.4) is 0 Å². The van der Waals surface area contributed by atoms with Gasteiger partial charge in [-0.05, 0) is 24.6 Å². The highest BCUT2D eigenvalue weighted by atomic mass is 19.1. The molecule has 0 fully saturated rings. The molecule has 66 valence electrons. The molecule has 0 bridgehead atoms. The summed E-state index contributed by atoms with van der Waals surface area (Å²) in [6.07, 6.45) is 1.46. The number of pyridine rings is 1. The zero-order valence-electron chi connectivity index (χ0n) is 7.21. The van der Waals surface area contributed by atoms with E-state index in [4.69, 9.17) is 5.73 Å². The Morgan fingerprint density at radius 1 is 1.38 bits per heavy atom. The molecular formula is C10H9FN2. The molecule has 0 radical (unpaired) electrons. The molecule has 1 heterocycles. The predicted molar refractivity (Wildman–Crippen MR) is 50.9 cm³/mol. The summed E-state index contributed by atoms with van der Waals surface area (Å²) in [7, 11) is 0. The van der Waals surface area contributed by atoms with Gasteiger partial charge in [0.15, 0.2) is 0 Å². The lowest BCUT2D eigenvalue weighted by atomic mass is 10.1. The van der Waals surface area contributed by atoms with Crippen LogP contribution >= 0.6 is 0 Å². The summed E-state index contributed by atoms with van der Waals surface area (Å²) < 4.78 is 13.2. The van der Waals surface area contributed by atoms with Gasteiger partial charge in [0, 0.05) is 5.39 Å². The first-order valence-electron chi connectivity index (χ1n) is 3.99. The van der Waals surface area contributed by atoms with E-state index in [9.17, 15) is 4.39 Å². The number of fused-ring (bicyclic) bond motifs is 1. The van der Waals surface area contributed by atoms with E-state index in [0.29, 0.717) is 11.2 Å². The summed E-state index contributed by atoms with van der Waals surface area (Å²) in [5, 5.41) is 0.778. The lowest BCUT2D eigenvalue weighted by Gasteiger charge is -2.02. The van der Waals surface area contributed by atoms with Crippen LogP contribution in [0.25, 0.3) is 10.9 Å². The Morgan fingerprint density at radius 3 is 2.92 bits per heavy atom. The summed E-state index contributed by atoms with van der Waals surface area (Å²) in [5.74, 6) is -0.305. The van der Waals surface area contributed by atoms with Crippen LogP contribution in [0.15, 0.2) is 24.4 Å². The number of nitrogens with two attached hydrogens (primary N) is 1. The van der Waals surface area contributed by atoms with Crippen molar-refractivity contribution in [2.75, 3.05) is 5.73 Å². The first kappa shape index (κ1) is 7.98. The van der Waals surface area contributed by atoms with Crippen LogP contribution in [0.2, 0.25) is 0 Å². The van der Waals surface area contributed by atoms with Crippen molar-refractivity contribution in [3.05, 3.63) is 35.8 Å². The van der Waals surface area contributed by atoms with Crippen molar-refractivity contribution in [2.24, 2.45) is 0 Å². The quantitative estimate of drug-likeness (QED) is 0.668. The monoisotopic (exact) mass is 176 g/mol. The summed E-state index contributed by atoms with van der Waals surface area (Å²) in [6, 6.07) is 4.88. The maximum atomic E-state index is 13.2. The number of anilines is 1. The standard InChI is InChI=1S/C10H9FN2/c1-6-2-3-9(11)10-8(6)4-7(12)5-13-10/h2-5H,12H2,1H3. The third-order valence-corrected chi connectivity index (χ3v) is 2.04. The minimum atomic E-state index is -0.305. The fourth-order valence-electron chi connectivity index (χ4n) is 1.34. The average Bonchev–Trinajstić information content (AvgIpc) is 2.12. The van der Waals surface area contributed by atoms with E-state index in [2.05, 4.69) is 4.98 Å². The minimum absolute atomic E-state index is 0.305. The number of nitrogens with zero attached hydrogens (tertiary/aromatic N) is 1. The van der Waals surface area contributed by atoms with Crippen LogP contribution < -0.4 is 5.73 Å². The number of hydrogen-bond donors (Lipinski definition) is 1. The number of aryl methyl sites for hydroxylation is 1. The van der Waals surface area contributed by atoms with E-state index < -0.39 is 0 Å². The van der Waals surface area contributed by atoms with Gasteiger partial charge in [0.25, 0.3) is 0 Å². The number of nitrogen functional groups attached to an aromatic ring is 1. The van der Waals surface area contributed by atoms with Gasteiger partial charge in [0.2, 0.25) is 0 Å². The Kier molecular flexibility index (Phi) is 1.65. The van der Waals surface area contributed by atoms with E-state index in [1.165, 1.54) is 12.3 Å². The van der Waals surface area contributed by atoms with Crippen LogP contribution in [0, 0.1) is 12.7 Å². The van der Waals surface area contributed by atoms with Crippen molar-refractivity contribution in [3.8, 4) is 0 Å². The molecule has 0 unspecified atom stereocenters. The molecule has 0 atom stereocenters. The highest BCUT2D eigenvalue weighted by molar-refractivity contribution is 5.84. The molecule has 3 heteroatoms. The van der Waals surface area contributed by atoms with Gasteiger partial charge in [0.05, 0.1) is 11.9 Å². The van der Waals surface area contributed by atoms with Gasteiger partial charge < -0.3 is 5.73 Å². The van der Waals surface area contributed by atoms with Crippen LogP contribution in [-0.2, 0) is 0 Å². The zero-order valence-corrected chi connectivity index (χ0v) is 7.21. The van der Waals surface area contributed by atoms with Gasteiger partial charge in [-0.25, -0.2) is 4.39 Å². The SMILES string of the molecule is Cc1ccc(F)c2ncc(N)cc12. The van der Waals surface area contributed by atoms with Crippen molar-refractivity contribution in [1.82, 2.24) is 4.98 Å². The number of halogens is 1. The maximum absolute atomic E-state index is 13.2. The normalized spacial score (nSPS) is 10.6. The van der Waals surface area contributed by atoms with Gasteiger partial charge in [-0.3, -0.25) is 4.98 Å². The molecule has 0 spiro atoms. The number of rotatable bonds is 0. The van der Waals surface area contributed by atoms with Gasteiger partial charge in [0.1, 0.15) is 11.3 Å². The lowest BCUT2D eigenvalue weighted by Crippen LogP contribution is -1.91. The number of hydrogen-bond acceptors (Lipinski definition) is 2.